The standard InChI is InChI=1S/C8H16BNO/c1-8(2)7-5-4-6-10(7)9(3)11-8/h7H,4-6H2,1-3H3. The summed E-state index contributed by atoms with van der Waals surface area (Å²) in [7, 11) is 0.345. The molecule has 1 unspecified atom stereocenters. The van der Waals surface area contributed by atoms with Gasteiger partial charge in [0.1, 0.15) is 0 Å². The van der Waals surface area contributed by atoms with E-state index < -0.39 is 0 Å². The van der Waals surface area contributed by atoms with E-state index in [4.69, 9.17) is 4.65 Å². The van der Waals surface area contributed by atoms with Crippen LogP contribution in [0.1, 0.15) is 26.7 Å². The second-order valence-corrected chi connectivity index (χ2v) is 4.22. The highest BCUT2D eigenvalue weighted by atomic mass is 16.5. The lowest BCUT2D eigenvalue weighted by atomic mass is 9.86. The molecule has 3 heteroatoms. The molecule has 0 amide bonds. The minimum absolute atomic E-state index is 0.0932. The molecule has 2 aliphatic rings. The van der Waals surface area contributed by atoms with Crippen LogP contribution in [0.15, 0.2) is 0 Å². The zero-order chi connectivity index (χ0) is 8.06. The van der Waals surface area contributed by atoms with Crippen molar-refractivity contribution in [1.29, 1.82) is 0 Å². The zero-order valence-corrected chi connectivity index (χ0v) is 7.63. The second-order valence-electron chi connectivity index (χ2n) is 4.22. The first kappa shape index (κ1) is 7.62. The van der Waals surface area contributed by atoms with E-state index in [0.29, 0.717) is 13.1 Å². The summed E-state index contributed by atoms with van der Waals surface area (Å²) in [6.07, 6.45) is 2.67. The number of nitrogens with zero attached hydrogens (tertiary/aromatic N) is 1. The van der Waals surface area contributed by atoms with E-state index in [-0.39, 0.29) is 5.60 Å². The van der Waals surface area contributed by atoms with Gasteiger partial charge in [0.05, 0.1) is 5.60 Å². The van der Waals surface area contributed by atoms with E-state index in [1.807, 2.05) is 0 Å². The summed E-state index contributed by atoms with van der Waals surface area (Å²) in [4.78, 5) is 2.49. The van der Waals surface area contributed by atoms with Crippen molar-refractivity contribution < 1.29 is 4.65 Å². The molecular weight excluding hydrogens is 137 g/mol. The summed E-state index contributed by atoms with van der Waals surface area (Å²) in [5.74, 6) is 0. The van der Waals surface area contributed by atoms with Crippen LogP contribution < -0.4 is 0 Å². The quantitative estimate of drug-likeness (QED) is 0.487. The Morgan fingerprint density at radius 2 is 2.27 bits per heavy atom. The van der Waals surface area contributed by atoms with Gasteiger partial charge in [-0.15, -0.1) is 0 Å². The van der Waals surface area contributed by atoms with E-state index in [1.54, 1.807) is 0 Å². The summed E-state index contributed by atoms with van der Waals surface area (Å²) in [6.45, 7) is 7.81. The SMILES string of the molecule is CB1OC(C)(C)C2CCCN12. The Balaban J connectivity index is 2.20. The Labute approximate surface area is 69.0 Å². The third kappa shape index (κ3) is 1.02. The summed E-state index contributed by atoms with van der Waals surface area (Å²) in [6, 6.07) is 0.678. The van der Waals surface area contributed by atoms with Gasteiger partial charge in [-0.25, -0.2) is 0 Å². The Morgan fingerprint density at radius 3 is 2.91 bits per heavy atom. The smallest absolute Gasteiger partial charge is 0.379 e. The molecule has 62 valence electrons. The van der Waals surface area contributed by atoms with Gasteiger partial charge in [0.25, 0.3) is 0 Å². The maximum absolute atomic E-state index is 5.84. The Hall–Kier alpha value is -0.0151. The highest BCUT2D eigenvalue weighted by Crippen LogP contribution is 2.36. The van der Waals surface area contributed by atoms with Crippen LogP contribution in [-0.2, 0) is 4.65 Å². The maximum Gasteiger partial charge on any atom is 0.379 e. The van der Waals surface area contributed by atoms with Crippen molar-refractivity contribution in [3.63, 3.8) is 0 Å². The molecule has 0 aliphatic carbocycles. The zero-order valence-electron chi connectivity index (χ0n) is 7.63. The molecule has 11 heavy (non-hydrogen) atoms. The van der Waals surface area contributed by atoms with Crippen molar-refractivity contribution >= 4 is 7.05 Å². The van der Waals surface area contributed by atoms with Gasteiger partial charge in [-0.3, -0.25) is 0 Å². The first-order valence-corrected chi connectivity index (χ1v) is 4.55. The lowest BCUT2D eigenvalue weighted by Gasteiger charge is -2.25. The molecule has 2 fully saturated rings. The van der Waals surface area contributed by atoms with Gasteiger partial charge in [0.2, 0.25) is 0 Å². The fourth-order valence-corrected chi connectivity index (χ4v) is 2.56. The summed E-state index contributed by atoms with van der Waals surface area (Å²) in [5.41, 5.74) is 0.0932. The van der Waals surface area contributed by atoms with Gasteiger partial charge in [-0.05, 0) is 40.1 Å². The fourth-order valence-electron chi connectivity index (χ4n) is 2.56. The average Bonchev–Trinajstić information content (AvgIpc) is 2.37. The van der Waals surface area contributed by atoms with Gasteiger partial charge in [0.15, 0.2) is 0 Å². The molecule has 0 aromatic carbocycles. The molecule has 1 atom stereocenters. The van der Waals surface area contributed by atoms with Gasteiger partial charge >= 0.3 is 7.05 Å². The molecular formula is C8H16BNO. The summed E-state index contributed by atoms with van der Waals surface area (Å²) < 4.78 is 5.84. The molecule has 0 aromatic heterocycles. The van der Waals surface area contributed by atoms with Crippen LogP contribution in [0.3, 0.4) is 0 Å². The van der Waals surface area contributed by atoms with E-state index in [1.165, 1.54) is 19.4 Å². The van der Waals surface area contributed by atoms with Crippen molar-refractivity contribution in [2.75, 3.05) is 6.54 Å². The predicted molar refractivity (Wildman–Crippen MR) is 46.5 cm³/mol. The van der Waals surface area contributed by atoms with Gasteiger partial charge in [-0.2, -0.15) is 0 Å². The lowest BCUT2D eigenvalue weighted by Crippen LogP contribution is -2.37. The minimum Gasteiger partial charge on any atom is -0.415 e. The van der Waals surface area contributed by atoms with E-state index in [2.05, 4.69) is 25.5 Å². The highest BCUT2D eigenvalue weighted by molar-refractivity contribution is 6.48. The van der Waals surface area contributed by atoms with Gasteiger partial charge < -0.3 is 9.47 Å². The molecule has 0 aromatic rings. The molecule has 2 aliphatic heterocycles. The largest absolute Gasteiger partial charge is 0.415 e. The van der Waals surface area contributed by atoms with E-state index in [0.717, 1.165) is 0 Å². The Kier molecular flexibility index (Phi) is 1.55. The Bertz CT molecular complexity index is 171. The summed E-state index contributed by atoms with van der Waals surface area (Å²) >= 11 is 0. The molecule has 2 heterocycles. The highest BCUT2D eigenvalue weighted by Gasteiger charge is 2.49. The van der Waals surface area contributed by atoms with Crippen molar-refractivity contribution in [1.82, 2.24) is 4.81 Å². The number of hydrogen-bond donors (Lipinski definition) is 0. The van der Waals surface area contributed by atoms with Crippen LogP contribution >= 0.6 is 0 Å². The number of hydrogen-bond acceptors (Lipinski definition) is 2. The van der Waals surface area contributed by atoms with Crippen molar-refractivity contribution in [3.8, 4) is 0 Å². The first-order chi connectivity index (χ1) is 5.11. The third-order valence-corrected chi connectivity index (χ3v) is 3.04. The molecule has 0 spiro atoms. The van der Waals surface area contributed by atoms with Gasteiger partial charge in [0, 0.05) is 6.04 Å². The third-order valence-electron chi connectivity index (χ3n) is 3.04. The second kappa shape index (κ2) is 2.24. The normalized spacial score (nSPS) is 36.3. The fraction of sp³-hybridized carbons (Fsp3) is 1.00. The van der Waals surface area contributed by atoms with E-state index >= 15 is 0 Å². The molecule has 2 nitrogen and oxygen atoms in total. The van der Waals surface area contributed by atoms with Crippen molar-refractivity contribution in [2.24, 2.45) is 0 Å². The lowest BCUT2D eigenvalue weighted by molar-refractivity contribution is 0.105. The molecule has 0 saturated carbocycles. The Morgan fingerprint density at radius 1 is 1.55 bits per heavy atom. The topological polar surface area (TPSA) is 12.5 Å². The van der Waals surface area contributed by atoms with Crippen LogP contribution in [0.25, 0.3) is 0 Å². The van der Waals surface area contributed by atoms with Crippen LogP contribution in [0, 0.1) is 0 Å². The molecule has 2 saturated heterocycles. The number of fused-ring (bicyclic) bond motifs is 1. The minimum atomic E-state index is 0.0932. The summed E-state index contributed by atoms with van der Waals surface area (Å²) in [5, 5.41) is 0. The average molecular weight is 153 g/mol. The van der Waals surface area contributed by atoms with Crippen molar-refractivity contribution in [3.05, 3.63) is 0 Å². The van der Waals surface area contributed by atoms with Crippen molar-refractivity contribution in [2.45, 2.75) is 45.2 Å². The molecule has 0 bridgehead atoms. The molecule has 0 radical (unpaired) electrons. The predicted octanol–water partition coefficient (Wildman–Crippen LogP) is 1.38. The van der Waals surface area contributed by atoms with Gasteiger partial charge in [-0.1, -0.05) is 0 Å². The van der Waals surface area contributed by atoms with Crippen LogP contribution in [0.4, 0.5) is 0 Å². The number of rotatable bonds is 0. The molecule has 0 N–H and O–H groups in total. The van der Waals surface area contributed by atoms with Crippen LogP contribution in [0.5, 0.6) is 0 Å². The first-order valence-electron chi connectivity index (χ1n) is 4.55. The maximum atomic E-state index is 5.84. The van der Waals surface area contributed by atoms with Crippen LogP contribution in [-0.4, -0.2) is 30.0 Å². The van der Waals surface area contributed by atoms with E-state index in [9.17, 15) is 0 Å². The van der Waals surface area contributed by atoms with Crippen LogP contribution in [0.2, 0.25) is 6.82 Å². The molecule has 2 rings (SSSR count). The monoisotopic (exact) mass is 153 g/mol.